The van der Waals surface area contributed by atoms with Crippen LogP contribution in [-0.2, 0) is 14.3 Å². The van der Waals surface area contributed by atoms with Crippen molar-refractivity contribution < 1.29 is 28.8 Å². The van der Waals surface area contributed by atoms with Crippen molar-refractivity contribution in [3.05, 3.63) is 39.4 Å². The molecule has 1 aromatic rings. The second-order valence-corrected chi connectivity index (χ2v) is 5.89. The van der Waals surface area contributed by atoms with Gasteiger partial charge in [0, 0.05) is 12.1 Å². The largest absolute Gasteiger partial charge is 0.454 e. The van der Waals surface area contributed by atoms with Crippen LogP contribution in [0.15, 0.2) is 18.2 Å². The van der Waals surface area contributed by atoms with Gasteiger partial charge in [0.05, 0.1) is 10.5 Å². The number of nitrogens with zero attached hydrogens (tertiary/aromatic N) is 2. The number of esters is 1. The van der Waals surface area contributed by atoms with Crippen molar-refractivity contribution in [1.29, 1.82) is 0 Å². The third-order valence-corrected chi connectivity index (χ3v) is 4.18. The second-order valence-electron chi connectivity index (χ2n) is 5.89. The van der Waals surface area contributed by atoms with Crippen LogP contribution in [0.5, 0.6) is 0 Å². The summed E-state index contributed by atoms with van der Waals surface area (Å²) in [5.74, 6) is -3.22. The summed E-state index contributed by atoms with van der Waals surface area (Å²) in [6.07, 6.45) is 1.45. The van der Waals surface area contributed by atoms with E-state index in [1.807, 2.05) is 13.8 Å². The zero-order chi connectivity index (χ0) is 20.1. The van der Waals surface area contributed by atoms with E-state index >= 15 is 0 Å². The third kappa shape index (κ3) is 4.27. The van der Waals surface area contributed by atoms with Crippen molar-refractivity contribution in [2.24, 2.45) is 0 Å². The Balaban J connectivity index is 2.00. The number of nitro benzene ring substituents is 1. The highest BCUT2D eigenvalue weighted by Crippen LogP contribution is 2.30. The molecule has 144 valence electrons. The maximum Gasteiger partial charge on any atom is 0.326 e. The molecule has 0 atom stereocenters. The quantitative estimate of drug-likeness (QED) is 0.309. The predicted molar refractivity (Wildman–Crippen MR) is 91.9 cm³/mol. The third-order valence-electron chi connectivity index (χ3n) is 4.18. The molecular weight excluding hydrogens is 358 g/mol. The van der Waals surface area contributed by atoms with Crippen molar-refractivity contribution in [2.45, 2.75) is 32.7 Å². The molecule has 1 aliphatic rings. The molecule has 1 N–H and O–H groups in total. The van der Waals surface area contributed by atoms with E-state index in [1.54, 1.807) is 0 Å². The fourth-order valence-electron chi connectivity index (χ4n) is 2.69. The van der Waals surface area contributed by atoms with E-state index < -0.39 is 47.5 Å². The van der Waals surface area contributed by atoms with E-state index in [1.165, 1.54) is 12.1 Å². The van der Waals surface area contributed by atoms with Crippen LogP contribution in [0, 0.1) is 10.1 Å². The lowest BCUT2D eigenvalue weighted by Crippen LogP contribution is -2.39. The molecule has 10 nitrogen and oxygen atoms in total. The molecule has 0 bridgehead atoms. The van der Waals surface area contributed by atoms with Gasteiger partial charge in [-0.25, -0.2) is 0 Å². The molecule has 1 aliphatic heterocycles. The first-order chi connectivity index (χ1) is 12.8. The van der Waals surface area contributed by atoms with E-state index in [9.17, 15) is 29.3 Å². The standard InChI is InChI=1S/C17H19N3O7/c1-3-10(4-2)18-13(21)9-27-14(22)8-19-16(23)11-6-5-7-12(20(25)26)15(11)17(19)24/h5-7,10H,3-4,8-9H2,1-2H3,(H,18,21). The lowest BCUT2D eigenvalue weighted by atomic mass is 10.1. The van der Waals surface area contributed by atoms with Gasteiger partial charge in [0.25, 0.3) is 23.4 Å². The average Bonchev–Trinajstić information content (AvgIpc) is 2.89. The van der Waals surface area contributed by atoms with Crippen molar-refractivity contribution in [3.63, 3.8) is 0 Å². The van der Waals surface area contributed by atoms with E-state index in [0.29, 0.717) is 4.90 Å². The number of hydrogen-bond acceptors (Lipinski definition) is 7. The number of nitrogens with one attached hydrogen (secondary N) is 1. The minimum atomic E-state index is -0.966. The number of hydrogen-bond donors (Lipinski definition) is 1. The summed E-state index contributed by atoms with van der Waals surface area (Å²) < 4.78 is 4.80. The van der Waals surface area contributed by atoms with Crippen LogP contribution in [0.4, 0.5) is 5.69 Å². The molecule has 0 aromatic heterocycles. The van der Waals surface area contributed by atoms with E-state index in [2.05, 4.69) is 5.32 Å². The molecule has 27 heavy (non-hydrogen) atoms. The van der Waals surface area contributed by atoms with Gasteiger partial charge in [0.1, 0.15) is 12.1 Å². The molecule has 0 fully saturated rings. The maximum atomic E-state index is 12.3. The van der Waals surface area contributed by atoms with Crippen molar-refractivity contribution in [1.82, 2.24) is 10.2 Å². The first kappa shape index (κ1) is 20.0. The van der Waals surface area contributed by atoms with Crippen molar-refractivity contribution in [3.8, 4) is 0 Å². The molecule has 0 unspecified atom stereocenters. The minimum Gasteiger partial charge on any atom is -0.454 e. The van der Waals surface area contributed by atoms with Crippen LogP contribution in [0.2, 0.25) is 0 Å². The molecule has 0 saturated heterocycles. The zero-order valence-corrected chi connectivity index (χ0v) is 14.9. The molecule has 1 heterocycles. The lowest BCUT2D eigenvalue weighted by molar-refractivity contribution is -0.385. The average molecular weight is 377 g/mol. The monoisotopic (exact) mass is 377 g/mol. The minimum absolute atomic E-state index is 0.0343. The molecule has 1 aromatic carbocycles. The van der Waals surface area contributed by atoms with Gasteiger partial charge in [-0.2, -0.15) is 0 Å². The molecule has 0 spiro atoms. The number of rotatable bonds is 8. The number of benzene rings is 1. The summed E-state index contributed by atoms with van der Waals surface area (Å²) in [4.78, 5) is 59.1. The number of amides is 3. The first-order valence-corrected chi connectivity index (χ1v) is 8.38. The summed E-state index contributed by atoms with van der Waals surface area (Å²) in [6, 6.07) is 3.63. The topological polar surface area (TPSA) is 136 Å². The highest BCUT2D eigenvalue weighted by Gasteiger charge is 2.41. The molecule has 10 heteroatoms. The molecule has 0 saturated carbocycles. The van der Waals surface area contributed by atoms with Gasteiger partial charge in [-0.05, 0) is 18.9 Å². The van der Waals surface area contributed by atoms with Gasteiger partial charge >= 0.3 is 5.97 Å². The van der Waals surface area contributed by atoms with E-state index in [4.69, 9.17) is 4.74 Å². The summed E-state index contributed by atoms with van der Waals surface area (Å²) in [6.45, 7) is 2.53. The van der Waals surface area contributed by atoms with Gasteiger partial charge in [0.15, 0.2) is 6.61 Å². The Labute approximate surface area is 154 Å². The van der Waals surface area contributed by atoms with Crippen LogP contribution in [0.1, 0.15) is 47.4 Å². The van der Waals surface area contributed by atoms with Gasteiger partial charge < -0.3 is 10.1 Å². The van der Waals surface area contributed by atoms with Gasteiger partial charge in [-0.15, -0.1) is 0 Å². The SMILES string of the molecule is CCC(CC)NC(=O)COC(=O)CN1C(=O)c2cccc([N+](=O)[O-])c2C1=O. The van der Waals surface area contributed by atoms with Crippen LogP contribution in [-0.4, -0.2) is 52.7 Å². The molecule has 0 radical (unpaired) electrons. The summed E-state index contributed by atoms with van der Waals surface area (Å²) >= 11 is 0. The fraction of sp³-hybridized carbons (Fsp3) is 0.412. The number of carbonyl (C=O) groups excluding carboxylic acids is 4. The number of fused-ring (bicyclic) bond motifs is 1. The van der Waals surface area contributed by atoms with Crippen molar-refractivity contribution in [2.75, 3.05) is 13.2 Å². The maximum absolute atomic E-state index is 12.3. The predicted octanol–water partition coefficient (Wildman–Crippen LogP) is 1.04. The summed E-state index contributed by atoms with van der Waals surface area (Å²) in [5, 5.41) is 13.7. The fourth-order valence-corrected chi connectivity index (χ4v) is 2.69. The zero-order valence-electron chi connectivity index (χ0n) is 14.9. The molecular formula is C17H19N3O7. The van der Waals surface area contributed by atoms with Gasteiger partial charge in [-0.3, -0.25) is 34.2 Å². The van der Waals surface area contributed by atoms with E-state index in [-0.39, 0.29) is 17.2 Å². The van der Waals surface area contributed by atoms with Gasteiger partial charge in [0.2, 0.25) is 0 Å². The summed E-state index contributed by atoms with van der Waals surface area (Å²) in [7, 11) is 0. The molecule has 0 aliphatic carbocycles. The van der Waals surface area contributed by atoms with E-state index in [0.717, 1.165) is 18.9 Å². The van der Waals surface area contributed by atoms with Crippen LogP contribution in [0.25, 0.3) is 0 Å². The van der Waals surface area contributed by atoms with Crippen LogP contribution in [0.3, 0.4) is 0 Å². The Hall–Kier alpha value is -3.30. The first-order valence-electron chi connectivity index (χ1n) is 8.38. The smallest absolute Gasteiger partial charge is 0.326 e. The Bertz CT molecular complexity index is 802. The van der Waals surface area contributed by atoms with Crippen LogP contribution >= 0.6 is 0 Å². The Morgan fingerprint density at radius 3 is 2.48 bits per heavy atom. The van der Waals surface area contributed by atoms with Gasteiger partial charge in [-0.1, -0.05) is 19.9 Å². The van der Waals surface area contributed by atoms with Crippen molar-refractivity contribution >= 4 is 29.4 Å². The second kappa shape index (κ2) is 8.39. The highest BCUT2D eigenvalue weighted by molar-refractivity contribution is 6.24. The summed E-state index contributed by atoms with van der Waals surface area (Å²) in [5.41, 5.74) is -1.01. The Morgan fingerprint density at radius 1 is 1.22 bits per heavy atom. The number of ether oxygens (including phenoxy) is 1. The molecule has 2 rings (SSSR count). The number of carbonyl (C=O) groups is 4. The number of nitro groups is 1. The number of imide groups is 1. The normalized spacial score (nSPS) is 12.9. The lowest BCUT2D eigenvalue weighted by Gasteiger charge is -2.15. The highest BCUT2D eigenvalue weighted by atomic mass is 16.6. The Kier molecular flexibility index (Phi) is 6.22. The van der Waals surface area contributed by atoms with Crippen LogP contribution < -0.4 is 5.32 Å². The Morgan fingerprint density at radius 2 is 1.89 bits per heavy atom. The molecule has 3 amide bonds.